The number of aliphatic imine (C=N–C) groups is 1. The monoisotopic (exact) mass is 211 g/mol. The minimum atomic E-state index is -0.281. The summed E-state index contributed by atoms with van der Waals surface area (Å²) in [7, 11) is 0. The molecule has 0 spiro atoms. The first-order chi connectivity index (χ1) is 6.83. The Morgan fingerprint density at radius 1 is 1.27 bits per heavy atom. The minimum Gasteiger partial charge on any atom is -0.476 e. The molecule has 0 saturated carbocycles. The number of nitrogens with zero attached hydrogens (tertiary/aromatic N) is 1. The summed E-state index contributed by atoms with van der Waals surface area (Å²) in [6.07, 6.45) is 2.19. The molecule has 2 aliphatic heterocycles. The SMILES string of the molecule is CCCC1(C)OC1(C)C1=NC(C)(C)CO1. The molecule has 0 aromatic rings. The topological polar surface area (TPSA) is 34.1 Å². The smallest absolute Gasteiger partial charge is 0.220 e. The first-order valence-corrected chi connectivity index (χ1v) is 5.76. The summed E-state index contributed by atoms with van der Waals surface area (Å²) >= 11 is 0. The highest BCUT2D eigenvalue weighted by molar-refractivity contribution is 5.90. The van der Waals surface area contributed by atoms with Gasteiger partial charge in [0.15, 0.2) is 5.60 Å². The summed E-state index contributed by atoms with van der Waals surface area (Å²) in [4.78, 5) is 4.60. The van der Waals surface area contributed by atoms with Crippen LogP contribution in [0.5, 0.6) is 0 Å². The second-order valence-corrected chi connectivity index (χ2v) is 5.63. The van der Waals surface area contributed by atoms with Crippen molar-refractivity contribution >= 4 is 5.90 Å². The van der Waals surface area contributed by atoms with Crippen LogP contribution in [-0.2, 0) is 9.47 Å². The molecule has 0 aromatic heterocycles. The lowest BCUT2D eigenvalue weighted by Gasteiger charge is -2.10. The Kier molecular flexibility index (Phi) is 2.16. The van der Waals surface area contributed by atoms with Gasteiger partial charge in [0.25, 0.3) is 0 Å². The zero-order valence-electron chi connectivity index (χ0n) is 10.4. The van der Waals surface area contributed by atoms with Gasteiger partial charge in [-0.3, -0.25) is 0 Å². The molecule has 0 aliphatic carbocycles. The van der Waals surface area contributed by atoms with Crippen LogP contribution in [0.25, 0.3) is 0 Å². The van der Waals surface area contributed by atoms with Gasteiger partial charge in [-0.25, -0.2) is 4.99 Å². The van der Waals surface area contributed by atoms with Crippen LogP contribution in [0.15, 0.2) is 4.99 Å². The van der Waals surface area contributed by atoms with Crippen molar-refractivity contribution < 1.29 is 9.47 Å². The van der Waals surface area contributed by atoms with Gasteiger partial charge in [0.1, 0.15) is 12.2 Å². The molecule has 86 valence electrons. The maximum absolute atomic E-state index is 5.85. The lowest BCUT2D eigenvalue weighted by atomic mass is 9.91. The first-order valence-electron chi connectivity index (χ1n) is 5.76. The van der Waals surface area contributed by atoms with Crippen molar-refractivity contribution in [2.45, 2.75) is 64.2 Å². The highest BCUT2D eigenvalue weighted by atomic mass is 16.7. The lowest BCUT2D eigenvalue weighted by Crippen LogP contribution is -2.29. The zero-order valence-corrected chi connectivity index (χ0v) is 10.4. The van der Waals surface area contributed by atoms with Crippen molar-refractivity contribution in [3.8, 4) is 0 Å². The molecule has 15 heavy (non-hydrogen) atoms. The molecule has 0 bridgehead atoms. The molecule has 0 N–H and O–H groups in total. The van der Waals surface area contributed by atoms with Crippen molar-refractivity contribution in [3.63, 3.8) is 0 Å². The molecule has 0 radical (unpaired) electrons. The van der Waals surface area contributed by atoms with Gasteiger partial charge in [0, 0.05) is 0 Å². The van der Waals surface area contributed by atoms with Crippen molar-refractivity contribution in [1.82, 2.24) is 0 Å². The van der Waals surface area contributed by atoms with Crippen LogP contribution in [0.4, 0.5) is 0 Å². The quantitative estimate of drug-likeness (QED) is 0.672. The summed E-state index contributed by atoms with van der Waals surface area (Å²) in [6, 6.07) is 0. The van der Waals surface area contributed by atoms with E-state index in [4.69, 9.17) is 9.47 Å². The number of epoxide rings is 1. The zero-order chi connectivity index (χ0) is 11.3. The van der Waals surface area contributed by atoms with Crippen molar-refractivity contribution in [2.24, 2.45) is 4.99 Å². The molecule has 1 saturated heterocycles. The van der Waals surface area contributed by atoms with Crippen LogP contribution in [0.3, 0.4) is 0 Å². The fourth-order valence-corrected chi connectivity index (χ4v) is 2.29. The van der Waals surface area contributed by atoms with E-state index in [0.29, 0.717) is 6.61 Å². The maximum atomic E-state index is 5.85. The first kappa shape index (κ1) is 10.9. The molecular formula is C12H21NO2. The summed E-state index contributed by atoms with van der Waals surface area (Å²) in [6.45, 7) is 11.3. The van der Waals surface area contributed by atoms with Gasteiger partial charge in [-0.2, -0.15) is 0 Å². The Balaban J connectivity index is 2.14. The average Bonchev–Trinajstić information content (AvgIpc) is 2.50. The molecule has 3 heteroatoms. The van der Waals surface area contributed by atoms with E-state index in [1.807, 2.05) is 0 Å². The normalized spacial score (nSPS) is 42.3. The number of ether oxygens (including phenoxy) is 2. The van der Waals surface area contributed by atoms with Gasteiger partial charge in [-0.1, -0.05) is 13.3 Å². The van der Waals surface area contributed by atoms with Gasteiger partial charge >= 0.3 is 0 Å². The molecule has 2 aliphatic rings. The fourth-order valence-electron chi connectivity index (χ4n) is 2.29. The predicted octanol–water partition coefficient (Wildman–Crippen LogP) is 2.54. The molecule has 0 amide bonds. The highest BCUT2D eigenvalue weighted by Crippen LogP contribution is 2.52. The number of rotatable bonds is 3. The maximum Gasteiger partial charge on any atom is 0.220 e. The van der Waals surface area contributed by atoms with Crippen molar-refractivity contribution in [2.75, 3.05) is 6.61 Å². The largest absolute Gasteiger partial charge is 0.476 e. The van der Waals surface area contributed by atoms with Crippen LogP contribution in [0.2, 0.25) is 0 Å². The second kappa shape index (κ2) is 2.97. The Morgan fingerprint density at radius 3 is 2.40 bits per heavy atom. The average molecular weight is 211 g/mol. The van der Waals surface area contributed by atoms with E-state index in [1.165, 1.54) is 0 Å². The summed E-state index contributed by atoms with van der Waals surface area (Å²) < 4.78 is 11.5. The summed E-state index contributed by atoms with van der Waals surface area (Å²) in [5, 5.41) is 0. The van der Waals surface area contributed by atoms with Gasteiger partial charge in [-0.05, 0) is 34.1 Å². The molecule has 2 unspecified atom stereocenters. The molecule has 2 rings (SSSR count). The molecular weight excluding hydrogens is 190 g/mol. The van der Waals surface area contributed by atoms with Crippen LogP contribution in [-0.4, -0.2) is 29.2 Å². The fraction of sp³-hybridized carbons (Fsp3) is 0.917. The molecule has 1 fully saturated rings. The summed E-state index contributed by atoms with van der Waals surface area (Å²) in [5.41, 5.74) is -0.435. The Hall–Kier alpha value is -0.570. The van der Waals surface area contributed by atoms with E-state index in [2.05, 4.69) is 39.6 Å². The van der Waals surface area contributed by atoms with E-state index in [0.717, 1.165) is 18.7 Å². The van der Waals surface area contributed by atoms with Gasteiger partial charge in [-0.15, -0.1) is 0 Å². The van der Waals surface area contributed by atoms with E-state index < -0.39 is 0 Å². The third-order valence-corrected chi connectivity index (χ3v) is 3.50. The summed E-state index contributed by atoms with van der Waals surface area (Å²) in [5.74, 6) is 0.795. The molecule has 2 atom stereocenters. The van der Waals surface area contributed by atoms with Gasteiger partial charge in [0.2, 0.25) is 5.90 Å². The second-order valence-electron chi connectivity index (χ2n) is 5.63. The van der Waals surface area contributed by atoms with Gasteiger partial charge < -0.3 is 9.47 Å². The van der Waals surface area contributed by atoms with Crippen molar-refractivity contribution in [1.29, 1.82) is 0 Å². The third kappa shape index (κ3) is 1.57. The Morgan fingerprint density at radius 2 is 1.93 bits per heavy atom. The lowest BCUT2D eigenvalue weighted by molar-refractivity contribution is 0.245. The number of hydrogen-bond donors (Lipinski definition) is 0. The van der Waals surface area contributed by atoms with Gasteiger partial charge in [0.05, 0.1) is 5.54 Å². The van der Waals surface area contributed by atoms with E-state index in [1.54, 1.807) is 0 Å². The van der Waals surface area contributed by atoms with E-state index in [9.17, 15) is 0 Å². The number of hydrogen-bond acceptors (Lipinski definition) is 3. The Labute approximate surface area is 91.9 Å². The molecule has 2 heterocycles. The highest BCUT2D eigenvalue weighted by Gasteiger charge is 2.68. The molecule has 3 nitrogen and oxygen atoms in total. The van der Waals surface area contributed by atoms with E-state index in [-0.39, 0.29) is 16.7 Å². The third-order valence-electron chi connectivity index (χ3n) is 3.50. The van der Waals surface area contributed by atoms with Crippen LogP contribution < -0.4 is 0 Å². The molecule has 0 aromatic carbocycles. The van der Waals surface area contributed by atoms with Crippen LogP contribution in [0, 0.1) is 0 Å². The predicted molar refractivity (Wildman–Crippen MR) is 60.3 cm³/mol. The van der Waals surface area contributed by atoms with Crippen molar-refractivity contribution in [3.05, 3.63) is 0 Å². The van der Waals surface area contributed by atoms with Crippen LogP contribution >= 0.6 is 0 Å². The standard InChI is InChI=1S/C12H21NO2/c1-6-7-11(4)12(5,15-11)9-13-10(2,3)8-14-9/h6-8H2,1-5H3. The van der Waals surface area contributed by atoms with E-state index >= 15 is 0 Å². The Bertz CT molecular complexity index is 311. The van der Waals surface area contributed by atoms with Crippen LogP contribution in [0.1, 0.15) is 47.5 Å². The minimum absolute atomic E-state index is 0.0684.